The van der Waals surface area contributed by atoms with E-state index in [0.717, 1.165) is 0 Å². The Morgan fingerprint density at radius 1 is 1.03 bits per heavy atom. The standard InChI is InChI=1S/C22H20F2N4O4/c1-2-28-20(29)15-7-4-3-6-14(15)18(25-28)21(30)27-12-10-26(11-13-27)16-8-5-9-17-19(16)32-22(23,24)31-17/h3-9H,2,10-13H2,1H3. The Morgan fingerprint density at radius 3 is 2.47 bits per heavy atom. The van der Waals surface area contributed by atoms with Gasteiger partial charge in [0.2, 0.25) is 0 Å². The van der Waals surface area contributed by atoms with Crippen molar-refractivity contribution in [2.24, 2.45) is 0 Å². The lowest BCUT2D eigenvalue weighted by Gasteiger charge is -2.36. The van der Waals surface area contributed by atoms with Crippen LogP contribution in [0.15, 0.2) is 47.3 Å². The number of hydrogen-bond acceptors (Lipinski definition) is 6. The fraction of sp³-hybridized carbons (Fsp3) is 0.318. The Kier molecular flexibility index (Phi) is 4.72. The zero-order chi connectivity index (χ0) is 22.5. The molecule has 0 bridgehead atoms. The number of halogens is 2. The van der Waals surface area contributed by atoms with Crippen molar-refractivity contribution in [1.29, 1.82) is 0 Å². The molecule has 32 heavy (non-hydrogen) atoms. The summed E-state index contributed by atoms with van der Waals surface area (Å²) in [6.45, 7) is 3.71. The number of aromatic nitrogens is 2. The highest BCUT2D eigenvalue weighted by Crippen LogP contribution is 2.47. The van der Waals surface area contributed by atoms with Gasteiger partial charge in [-0.15, -0.1) is 8.78 Å². The van der Waals surface area contributed by atoms with Gasteiger partial charge in [-0.2, -0.15) is 5.10 Å². The monoisotopic (exact) mass is 442 g/mol. The highest BCUT2D eigenvalue weighted by molar-refractivity contribution is 6.04. The molecule has 1 amide bonds. The van der Waals surface area contributed by atoms with Gasteiger partial charge < -0.3 is 19.3 Å². The van der Waals surface area contributed by atoms with Crippen molar-refractivity contribution >= 4 is 22.4 Å². The fourth-order valence-corrected chi connectivity index (χ4v) is 4.11. The quantitative estimate of drug-likeness (QED) is 0.621. The first kappa shape index (κ1) is 20.2. The number of alkyl halides is 2. The van der Waals surface area contributed by atoms with Gasteiger partial charge in [-0.05, 0) is 25.1 Å². The Morgan fingerprint density at radius 2 is 1.75 bits per heavy atom. The number of anilines is 1. The van der Waals surface area contributed by atoms with Crippen molar-refractivity contribution in [3.05, 3.63) is 58.5 Å². The second-order valence-corrected chi connectivity index (χ2v) is 7.57. The SMILES string of the molecule is CCn1nc(C(=O)N2CCN(c3cccc4c3OC(F)(F)O4)CC2)c2ccccc2c1=O. The van der Waals surface area contributed by atoms with E-state index in [0.29, 0.717) is 49.2 Å². The van der Waals surface area contributed by atoms with Crippen molar-refractivity contribution < 1.29 is 23.0 Å². The van der Waals surface area contributed by atoms with E-state index in [1.165, 1.54) is 10.7 Å². The van der Waals surface area contributed by atoms with Gasteiger partial charge >= 0.3 is 6.29 Å². The lowest BCUT2D eigenvalue weighted by molar-refractivity contribution is -0.286. The van der Waals surface area contributed by atoms with Gasteiger partial charge in [-0.1, -0.05) is 24.3 Å². The number of piperazine rings is 1. The molecule has 0 saturated carbocycles. The molecule has 1 saturated heterocycles. The first-order chi connectivity index (χ1) is 15.4. The lowest BCUT2D eigenvalue weighted by atomic mass is 10.1. The second kappa shape index (κ2) is 7.47. The molecule has 3 aromatic rings. The molecule has 8 nitrogen and oxygen atoms in total. The Labute approximate surface area is 181 Å². The minimum absolute atomic E-state index is 0.0000376. The summed E-state index contributed by atoms with van der Waals surface area (Å²) in [4.78, 5) is 29.4. The molecular formula is C22H20F2N4O4. The maximum Gasteiger partial charge on any atom is 0.586 e. The van der Waals surface area contributed by atoms with E-state index in [1.807, 2.05) is 4.90 Å². The minimum atomic E-state index is -3.69. The summed E-state index contributed by atoms with van der Waals surface area (Å²) in [5, 5.41) is 5.28. The van der Waals surface area contributed by atoms with E-state index in [9.17, 15) is 18.4 Å². The predicted octanol–water partition coefficient (Wildman–Crippen LogP) is 2.70. The zero-order valence-electron chi connectivity index (χ0n) is 17.3. The fourth-order valence-electron chi connectivity index (χ4n) is 4.11. The van der Waals surface area contributed by atoms with Gasteiger partial charge in [0.25, 0.3) is 11.5 Å². The summed E-state index contributed by atoms with van der Waals surface area (Å²) < 4.78 is 37.5. The molecule has 2 aliphatic heterocycles. The smallest absolute Gasteiger partial charge is 0.395 e. The van der Waals surface area contributed by atoms with Gasteiger partial charge in [0.15, 0.2) is 17.2 Å². The van der Waals surface area contributed by atoms with Gasteiger partial charge in [-0.25, -0.2) is 4.68 Å². The topological polar surface area (TPSA) is 76.9 Å². The summed E-state index contributed by atoms with van der Waals surface area (Å²) in [6, 6.07) is 11.7. The summed E-state index contributed by atoms with van der Waals surface area (Å²) >= 11 is 0. The van der Waals surface area contributed by atoms with Crippen molar-refractivity contribution in [2.75, 3.05) is 31.1 Å². The third-order valence-electron chi connectivity index (χ3n) is 5.69. The lowest BCUT2D eigenvalue weighted by Crippen LogP contribution is -2.49. The van der Waals surface area contributed by atoms with Crippen LogP contribution < -0.4 is 19.9 Å². The van der Waals surface area contributed by atoms with E-state index < -0.39 is 6.29 Å². The van der Waals surface area contributed by atoms with E-state index in [2.05, 4.69) is 14.6 Å². The van der Waals surface area contributed by atoms with Crippen LogP contribution in [0.25, 0.3) is 10.8 Å². The number of carbonyl (C=O) groups excluding carboxylic acids is 1. The molecular weight excluding hydrogens is 422 g/mol. The number of amides is 1. The maximum absolute atomic E-state index is 13.5. The van der Waals surface area contributed by atoms with E-state index in [1.54, 1.807) is 48.2 Å². The van der Waals surface area contributed by atoms with Crippen LogP contribution in [0, 0.1) is 0 Å². The van der Waals surface area contributed by atoms with Crippen molar-refractivity contribution in [3.8, 4) is 11.5 Å². The largest absolute Gasteiger partial charge is 0.586 e. The maximum atomic E-state index is 13.5. The Hall–Kier alpha value is -3.69. The highest BCUT2D eigenvalue weighted by Gasteiger charge is 2.45. The normalized spacial score (nSPS) is 17.1. The molecule has 0 atom stereocenters. The third kappa shape index (κ3) is 3.31. The molecule has 2 aromatic carbocycles. The van der Waals surface area contributed by atoms with E-state index >= 15 is 0 Å². The van der Waals surface area contributed by atoms with Crippen molar-refractivity contribution in [3.63, 3.8) is 0 Å². The summed E-state index contributed by atoms with van der Waals surface area (Å²) in [6.07, 6.45) is -3.69. The number of benzene rings is 2. The van der Waals surface area contributed by atoms with Crippen LogP contribution in [-0.2, 0) is 6.54 Å². The number of hydrogen-bond donors (Lipinski definition) is 0. The van der Waals surface area contributed by atoms with Crippen LogP contribution in [0.3, 0.4) is 0 Å². The predicted molar refractivity (Wildman–Crippen MR) is 112 cm³/mol. The molecule has 0 unspecified atom stereocenters. The molecule has 166 valence electrons. The molecule has 2 aliphatic rings. The summed E-state index contributed by atoms with van der Waals surface area (Å²) in [7, 11) is 0. The molecule has 0 radical (unpaired) electrons. The molecule has 3 heterocycles. The third-order valence-corrected chi connectivity index (χ3v) is 5.69. The number of carbonyl (C=O) groups is 1. The number of para-hydroxylation sites is 1. The van der Waals surface area contributed by atoms with Gasteiger partial charge in [0.05, 0.1) is 11.1 Å². The molecule has 10 heteroatoms. The summed E-state index contributed by atoms with van der Waals surface area (Å²) in [5.74, 6) is -0.282. The van der Waals surface area contributed by atoms with Crippen LogP contribution in [0.1, 0.15) is 17.4 Å². The van der Waals surface area contributed by atoms with Crippen LogP contribution in [-0.4, -0.2) is 53.1 Å². The number of nitrogens with zero attached hydrogens (tertiary/aromatic N) is 4. The number of aryl methyl sites for hydroxylation is 1. The van der Waals surface area contributed by atoms with Crippen LogP contribution in [0.5, 0.6) is 11.5 Å². The van der Waals surface area contributed by atoms with Gasteiger partial charge in [-0.3, -0.25) is 9.59 Å². The molecule has 1 fully saturated rings. The van der Waals surface area contributed by atoms with E-state index in [-0.39, 0.29) is 28.7 Å². The Balaban J connectivity index is 1.39. The molecule has 5 rings (SSSR count). The molecule has 0 spiro atoms. The highest BCUT2D eigenvalue weighted by atomic mass is 19.3. The van der Waals surface area contributed by atoms with Crippen LogP contribution >= 0.6 is 0 Å². The van der Waals surface area contributed by atoms with Crippen molar-refractivity contribution in [1.82, 2.24) is 14.7 Å². The second-order valence-electron chi connectivity index (χ2n) is 7.57. The number of ether oxygens (including phenoxy) is 2. The first-order valence-corrected chi connectivity index (χ1v) is 10.3. The number of rotatable bonds is 3. The molecule has 0 aliphatic carbocycles. The van der Waals surface area contributed by atoms with Crippen molar-refractivity contribution in [2.45, 2.75) is 19.8 Å². The van der Waals surface area contributed by atoms with Crippen LogP contribution in [0.2, 0.25) is 0 Å². The summed E-state index contributed by atoms with van der Waals surface area (Å²) in [5.41, 5.74) is 0.490. The average Bonchev–Trinajstić information content (AvgIpc) is 3.13. The first-order valence-electron chi connectivity index (χ1n) is 10.3. The van der Waals surface area contributed by atoms with Gasteiger partial charge in [0.1, 0.15) is 0 Å². The minimum Gasteiger partial charge on any atom is -0.395 e. The van der Waals surface area contributed by atoms with Gasteiger partial charge in [0, 0.05) is 38.1 Å². The Bertz CT molecular complexity index is 1270. The molecule has 1 aromatic heterocycles. The average molecular weight is 442 g/mol. The zero-order valence-corrected chi connectivity index (χ0v) is 17.3. The number of fused-ring (bicyclic) bond motifs is 2. The van der Waals surface area contributed by atoms with E-state index in [4.69, 9.17) is 0 Å². The molecule has 0 N–H and O–H groups in total. The van der Waals surface area contributed by atoms with Crippen LogP contribution in [0.4, 0.5) is 14.5 Å².